The van der Waals surface area contributed by atoms with Gasteiger partial charge in [0, 0.05) is 22.2 Å². The van der Waals surface area contributed by atoms with Gasteiger partial charge in [-0.25, -0.2) is 4.98 Å². The van der Waals surface area contributed by atoms with Crippen LogP contribution in [0.1, 0.15) is 19.4 Å². The molecule has 3 rings (SSSR count). The van der Waals surface area contributed by atoms with Crippen molar-refractivity contribution in [3.8, 4) is 11.4 Å². The number of aromatic nitrogens is 2. The third-order valence-corrected chi connectivity index (χ3v) is 3.54. The van der Waals surface area contributed by atoms with Gasteiger partial charge < -0.3 is 10.7 Å². The van der Waals surface area contributed by atoms with Gasteiger partial charge in [-0.15, -0.1) is 24.8 Å². The van der Waals surface area contributed by atoms with Crippen LogP contribution in [0.25, 0.3) is 22.4 Å². The maximum Gasteiger partial charge on any atom is 0.138 e. The molecule has 0 radical (unpaired) electrons. The molecule has 1 aromatic heterocycles. The number of amidine groups is 1. The van der Waals surface area contributed by atoms with Crippen molar-refractivity contribution >= 4 is 53.3 Å². The molecule has 0 atom stereocenters. The van der Waals surface area contributed by atoms with Crippen LogP contribution in [-0.2, 0) is 0 Å². The second-order valence-electron chi connectivity index (χ2n) is 5.43. The van der Waals surface area contributed by atoms with Gasteiger partial charge >= 0.3 is 0 Å². The van der Waals surface area contributed by atoms with Crippen LogP contribution in [-0.4, -0.2) is 21.8 Å². The summed E-state index contributed by atoms with van der Waals surface area (Å²) in [5.41, 5.74) is 9.74. The number of imidazole rings is 1. The second-order valence-corrected chi connectivity index (χ2v) is 5.87. The zero-order valence-corrected chi connectivity index (χ0v) is 15.7. The van der Waals surface area contributed by atoms with Crippen LogP contribution < -0.4 is 5.73 Å². The lowest BCUT2D eigenvalue weighted by Crippen LogP contribution is -2.15. The van der Waals surface area contributed by atoms with Crippen LogP contribution in [0.15, 0.2) is 47.5 Å². The molecule has 24 heavy (non-hydrogen) atoms. The number of nitrogens with two attached hydrogens (primary N) is 1. The van der Waals surface area contributed by atoms with Gasteiger partial charge in [0.05, 0.1) is 11.0 Å². The Bertz CT molecular complexity index is 839. The Kier molecular flexibility index (Phi) is 7.08. The molecule has 0 aliphatic rings. The van der Waals surface area contributed by atoms with Gasteiger partial charge in [-0.2, -0.15) is 0 Å². The molecule has 0 amide bonds. The van der Waals surface area contributed by atoms with Crippen LogP contribution in [0.4, 0.5) is 0 Å². The lowest BCUT2D eigenvalue weighted by atomic mass is 10.2. The first-order chi connectivity index (χ1) is 10.5. The summed E-state index contributed by atoms with van der Waals surface area (Å²) in [6, 6.07) is 13.6. The summed E-state index contributed by atoms with van der Waals surface area (Å²) >= 11 is 5.92. The summed E-state index contributed by atoms with van der Waals surface area (Å²) in [5, 5.41) is 0.708. The topological polar surface area (TPSA) is 67.1 Å². The Morgan fingerprint density at radius 1 is 1.12 bits per heavy atom. The number of nitrogens with zero attached hydrogens (tertiary/aromatic N) is 2. The Morgan fingerprint density at radius 3 is 2.42 bits per heavy atom. The van der Waals surface area contributed by atoms with Crippen molar-refractivity contribution in [2.24, 2.45) is 10.7 Å². The van der Waals surface area contributed by atoms with E-state index in [1.165, 1.54) is 0 Å². The van der Waals surface area contributed by atoms with Gasteiger partial charge in [-0.05, 0) is 56.3 Å². The highest BCUT2D eigenvalue weighted by Crippen LogP contribution is 2.22. The highest BCUT2D eigenvalue weighted by molar-refractivity contribution is 6.30. The molecular weight excluding hydrogens is 367 g/mol. The first kappa shape index (κ1) is 20.3. The Balaban J connectivity index is 0.00000144. The first-order valence-electron chi connectivity index (χ1n) is 7.12. The van der Waals surface area contributed by atoms with E-state index >= 15 is 0 Å². The van der Waals surface area contributed by atoms with Gasteiger partial charge in [0.2, 0.25) is 0 Å². The molecule has 128 valence electrons. The molecule has 0 aliphatic heterocycles. The van der Waals surface area contributed by atoms with Crippen LogP contribution in [0.3, 0.4) is 0 Å². The minimum atomic E-state index is 0. The Hall–Kier alpha value is -1.75. The fraction of sp³-hybridized carbons (Fsp3) is 0.176. The number of benzene rings is 2. The molecule has 3 N–H and O–H groups in total. The number of H-pyrrole nitrogens is 1. The van der Waals surface area contributed by atoms with E-state index in [2.05, 4.69) is 15.0 Å². The van der Waals surface area contributed by atoms with Crippen molar-refractivity contribution in [2.75, 3.05) is 0 Å². The van der Waals surface area contributed by atoms with Crippen molar-refractivity contribution in [3.63, 3.8) is 0 Å². The molecular formula is C17H19Cl3N4. The third kappa shape index (κ3) is 4.41. The number of halogens is 3. The first-order valence-corrected chi connectivity index (χ1v) is 7.50. The molecule has 2 aromatic carbocycles. The second kappa shape index (κ2) is 8.38. The number of nitrogens with one attached hydrogen (secondary N) is 1. The van der Waals surface area contributed by atoms with Crippen molar-refractivity contribution in [1.82, 2.24) is 9.97 Å². The fourth-order valence-corrected chi connectivity index (χ4v) is 2.39. The van der Waals surface area contributed by atoms with Crippen LogP contribution >= 0.6 is 36.4 Å². The summed E-state index contributed by atoms with van der Waals surface area (Å²) in [6.07, 6.45) is 0. The van der Waals surface area contributed by atoms with Crippen LogP contribution in [0.5, 0.6) is 0 Å². The van der Waals surface area contributed by atoms with Gasteiger partial charge in [0.25, 0.3) is 0 Å². The van der Waals surface area contributed by atoms with Crippen LogP contribution in [0, 0.1) is 0 Å². The standard InChI is InChI=1S/C17H17ClN4.2ClH/c1-10(2)20-16(19)12-5-8-14-15(9-12)22-17(21-14)11-3-6-13(18)7-4-11;;/h3-10H,1-2H3,(H2,19,20)(H,21,22);2*1H. The monoisotopic (exact) mass is 384 g/mol. The number of fused-ring (bicyclic) bond motifs is 1. The number of hydrogen-bond acceptors (Lipinski definition) is 2. The largest absolute Gasteiger partial charge is 0.383 e. The van der Waals surface area contributed by atoms with Crippen LogP contribution in [0.2, 0.25) is 5.02 Å². The molecule has 7 heteroatoms. The van der Waals surface area contributed by atoms with Gasteiger partial charge in [0.1, 0.15) is 11.7 Å². The third-order valence-electron chi connectivity index (χ3n) is 3.29. The molecule has 0 spiro atoms. The Labute approximate surface area is 158 Å². The lowest BCUT2D eigenvalue weighted by Gasteiger charge is -2.03. The van der Waals surface area contributed by atoms with Crippen molar-refractivity contribution in [2.45, 2.75) is 19.9 Å². The van der Waals surface area contributed by atoms with E-state index in [1.54, 1.807) is 0 Å². The SMILES string of the molecule is CC(C)N=C(N)c1ccc2nc(-c3ccc(Cl)cc3)[nH]c2c1.Cl.Cl. The highest BCUT2D eigenvalue weighted by Gasteiger charge is 2.07. The lowest BCUT2D eigenvalue weighted by molar-refractivity contribution is 0.834. The molecule has 1 heterocycles. The highest BCUT2D eigenvalue weighted by atomic mass is 35.5. The maximum atomic E-state index is 6.02. The van der Waals surface area contributed by atoms with E-state index in [1.807, 2.05) is 56.3 Å². The summed E-state index contributed by atoms with van der Waals surface area (Å²) < 4.78 is 0. The van der Waals surface area contributed by atoms with Gasteiger partial charge in [-0.1, -0.05) is 11.6 Å². The number of hydrogen-bond donors (Lipinski definition) is 2. The quantitative estimate of drug-likeness (QED) is 0.500. The van der Waals surface area contributed by atoms with E-state index in [0.717, 1.165) is 28.0 Å². The minimum Gasteiger partial charge on any atom is -0.383 e. The van der Waals surface area contributed by atoms with E-state index in [4.69, 9.17) is 17.3 Å². The molecule has 0 bridgehead atoms. The number of aliphatic imine (C=N–C) groups is 1. The zero-order chi connectivity index (χ0) is 15.7. The van der Waals surface area contributed by atoms with Gasteiger partial charge in [-0.3, -0.25) is 4.99 Å². The van der Waals surface area contributed by atoms with Gasteiger partial charge in [0.15, 0.2) is 0 Å². The molecule has 4 nitrogen and oxygen atoms in total. The number of rotatable bonds is 3. The summed E-state index contributed by atoms with van der Waals surface area (Å²) in [5.74, 6) is 1.35. The molecule has 0 saturated heterocycles. The molecule has 0 unspecified atom stereocenters. The average Bonchev–Trinajstić information content (AvgIpc) is 2.90. The number of aromatic amines is 1. The molecule has 0 aliphatic carbocycles. The molecule has 0 saturated carbocycles. The van der Waals surface area contributed by atoms with E-state index in [-0.39, 0.29) is 30.9 Å². The van der Waals surface area contributed by atoms with Crippen molar-refractivity contribution < 1.29 is 0 Å². The predicted octanol–water partition coefficient (Wildman–Crippen LogP) is 4.84. The molecule has 0 fully saturated rings. The van der Waals surface area contributed by atoms with E-state index in [9.17, 15) is 0 Å². The summed E-state index contributed by atoms with van der Waals surface area (Å²) in [6.45, 7) is 4.00. The van der Waals surface area contributed by atoms with Crippen molar-refractivity contribution in [1.29, 1.82) is 0 Å². The van der Waals surface area contributed by atoms with E-state index < -0.39 is 0 Å². The maximum absolute atomic E-state index is 6.02. The molecule has 3 aromatic rings. The van der Waals surface area contributed by atoms with E-state index in [0.29, 0.717) is 10.9 Å². The smallest absolute Gasteiger partial charge is 0.138 e. The predicted molar refractivity (Wildman–Crippen MR) is 107 cm³/mol. The van der Waals surface area contributed by atoms with Crippen molar-refractivity contribution in [3.05, 3.63) is 53.1 Å². The normalized spacial score (nSPS) is 11.2. The minimum absolute atomic E-state index is 0. The average molecular weight is 386 g/mol. The Morgan fingerprint density at radius 2 is 1.79 bits per heavy atom. The fourth-order valence-electron chi connectivity index (χ4n) is 2.27. The summed E-state index contributed by atoms with van der Waals surface area (Å²) in [7, 11) is 0. The summed E-state index contributed by atoms with van der Waals surface area (Å²) in [4.78, 5) is 12.3. The zero-order valence-electron chi connectivity index (χ0n) is 13.3.